The predicted octanol–water partition coefficient (Wildman–Crippen LogP) is 5.81. The lowest BCUT2D eigenvalue weighted by molar-refractivity contribution is -0.134. The third kappa shape index (κ3) is 6.03. The summed E-state index contributed by atoms with van der Waals surface area (Å²) < 4.78 is 7.41. The van der Waals surface area contributed by atoms with E-state index >= 15 is 0 Å². The van der Waals surface area contributed by atoms with Gasteiger partial charge in [0.25, 0.3) is 5.91 Å². The van der Waals surface area contributed by atoms with Gasteiger partial charge in [-0.05, 0) is 46.9 Å². The third-order valence-electron chi connectivity index (χ3n) is 6.80. The zero-order valence-corrected chi connectivity index (χ0v) is 23.2. The fraction of sp³-hybridized carbons (Fsp3) is 0.379. The lowest BCUT2D eigenvalue weighted by Crippen LogP contribution is -2.48. The lowest BCUT2D eigenvalue weighted by Gasteiger charge is -2.38. The second-order valence-corrected chi connectivity index (χ2v) is 11.2. The first-order chi connectivity index (χ1) is 17.6. The number of hydrogen-bond donors (Lipinski definition) is 0. The Balaban J connectivity index is 1.62. The molecular weight excluding hydrogens is 509 g/mol. The van der Waals surface area contributed by atoms with Crippen LogP contribution in [0.1, 0.15) is 54.0 Å². The molecular formula is C29H33Cl2N3O3. The number of fused-ring (bicyclic) bond motifs is 1. The molecule has 2 aromatic carbocycles. The SMILES string of the molecule is COCCN(CC(=O)N1CCn2cccc2[C@@H]1c1ccc(C(C)(C)C)cc1)C(=O)c1ccc(Cl)c(Cl)c1. The topological polar surface area (TPSA) is 54.8 Å². The van der Waals surface area contributed by atoms with Gasteiger partial charge in [0.15, 0.2) is 0 Å². The van der Waals surface area contributed by atoms with E-state index in [2.05, 4.69) is 55.7 Å². The van der Waals surface area contributed by atoms with E-state index in [-0.39, 0.29) is 36.4 Å². The van der Waals surface area contributed by atoms with Crippen molar-refractivity contribution in [1.29, 1.82) is 0 Å². The molecule has 0 radical (unpaired) electrons. The van der Waals surface area contributed by atoms with Crippen LogP contribution < -0.4 is 0 Å². The number of nitrogens with zero attached hydrogens (tertiary/aromatic N) is 3. The van der Waals surface area contributed by atoms with Gasteiger partial charge < -0.3 is 19.1 Å². The van der Waals surface area contributed by atoms with Gasteiger partial charge in [0.2, 0.25) is 5.91 Å². The lowest BCUT2D eigenvalue weighted by atomic mass is 9.86. The van der Waals surface area contributed by atoms with Crippen molar-refractivity contribution in [3.8, 4) is 0 Å². The summed E-state index contributed by atoms with van der Waals surface area (Å²) in [5.41, 5.74) is 3.74. The van der Waals surface area contributed by atoms with Gasteiger partial charge in [-0.25, -0.2) is 0 Å². The van der Waals surface area contributed by atoms with E-state index in [0.717, 1.165) is 11.3 Å². The normalized spacial score (nSPS) is 15.4. The summed E-state index contributed by atoms with van der Waals surface area (Å²) in [6, 6.07) is 17.1. The molecule has 37 heavy (non-hydrogen) atoms. The summed E-state index contributed by atoms with van der Waals surface area (Å²) in [4.78, 5) is 30.6. The second-order valence-electron chi connectivity index (χ2n) is 10.3. The van der Waals surface area contributed by atoms with Crippen LogP contribution in [-0.2, 0) is 21.5 Å². The minimum absolute atomic E-state index is 0.0353. The summed E-state index contributed by atoms with van der Waals surface area (Å²) in [5, 5.41) is 0.662. The van der Waals surface area contributed by atoms with E-state index in [9.17, 15) is 9.59 Å². The van der Waals surface area contributed by atoms with Crippen molar-refractivity contribution >= 4 is 35.0 Å². The third-order valence-corrected chi connectivity index (χ3v) is 7.54. The summed E-state index contributed by atoms with van der Waals surface area (Å²) in [7, 11) is 1.57. The van der Waals surface area contributed by atoms with Crippen LogP contribution in [0.3, 0.4) is 0 Å². The maximum absolute atomic E-state index is 13.8. The van der Waals surface area contributed by atoms with Crippen LogP contribution in [-0.4, -0.2) is 59.5 Å². The number of amides is 2. The molecule has 0 aliphatic carbocycles. The molecule has 4 rings (SSSR count). The smallest absolute Gasteiger partial charge is 0.254 e. The Hall–Kier alpha value is -2.80. The van der Waals surface area contributed by atoms with Gasteiger partial charge in [-0.15, -0.1) is 0 Å². The van der Waals surface area contributed by atoms with Crippen molar-refractivity contribution < 1.29 is 14.3 Å². The Morgan fingerprint density at radius 3 is 2.41 bits per heavy atom. The first-order valence-corrected chi connectivity index (χ1v) is 13.1. The molecule has 1 aromatic heterocycles. The van der Waals surface area contributed by atoms with Gasteiger partial charge in [-0.1, -0.05) is 68.2 Å². The summed E-state index contributed by atoms with van der Waals surface area (Å²) >= 11 is 12.2. The number of methoxy groups -OCH3 is 1. The van der Waals surface area contributed by atoms with Gasteiger partial charge in [-0.2, -0.15) is 0 Å². The first-order valence-electron chi connectivity index (χ1n) is 12.4. The van der Waals surface area contributed by atoms with Gasteiger partial charge in [-0.3, -0.25) is 9.59 Å². The number of halogens is 2. The van der Waals surface area contributed by atoms with E-state index < -0.39 is 0 Å². The van der Waals surface area contributed by atoms with Gasteiger partial charge in [0.05, 0.1) is 22.7 Å². The molecule has 6 nitrogen and oxygen atoms in total. The fourth-order valence-electron chi connectivity index (χ4n) is 4.69. The van der Waals surface area contributed by atoms with Gasteiger partial charge in [0, 0.05) is 44.2 Å². The maximum Gasteiger partial charge on any atom is 0.254 e. The average molecular weight is 543 g/mol. The van der Waals surface area contributed by atoms with E-state index in [1.807, 2.05) is 17.2 Å². The zero-order valence-electron chi connectivity index (χ0n) is 21.7. The predicted molar refractivity (Wildman–Crippen MR) is 147 cm³/mol. The van der Waals surface area contributed by atoms with Crippen LogP contribution in [0.5, 0.6) is 0 Å². The van der Waals surface area contributed by atoms with Crippen molar-refractivity contribution in [2.45, 2.75) is 38.8 Å². The number of rotatable bonds is 7. The largest absolute Gasteiger partial charge is 0.383 e. The molecule has 8 heteroatoms. The highest BCUT2D eigenvalue weighted by molar-refractivity contribution is 6.42. The summed E-state index contributed by atoms with van der Waals surface area (Å²) in [6.45, 7) is 8.31. The molecule has 196 valence electrons. The van der Waals surface area contributed by atoms with E-state index in [1.165, 1.54) is 16.5 Å². The zero-order chi connectivity index (χ0) is 26.7. The standard InChI is InChI=1S/C29H33Cl2N3O3/c1-29(2,3)22-10-7-20(8-11-22)27-25-6-5-13-32(25)14-15-34(27)26(35)19-33(16-17-37-4)28(36)21-9-12-23(30)24(31)18-21/h5-13,18,27H,14-17,19H2,1-4H3/t27-/m0/s1. The highest BCUT2D eigenvalue weighted by Gasteiger charge is 2.34. The van der Waals surface area contributed by atoms with Crippen LogP contribution in [0.2, 0.25) is 10.0 Å². The Kier molecular flexibility index (Phi) is 8.32. The summed E-state index contributed by atoms with van der Waals surface area (Å²) in [6.07, 6.45) is 2.05. The average Bonchev–Trinajstić information content (AvgIpc) is 3.35. The molecule has 3 aromatic rings. The van der Waals surface area contributed by atoms with Crippen molar-refractivity contribution in [3.05, 3.63) is 93.2 Å². The maximum atomic E-state index is 13.8. The van der Waals surface area contributed by atoms with E-state index in [1.54, 1.807) is 19.2 Å². The molecule has 0 saturated carbocycles. The molecule has 0 saturated heterocycles. The molecule has 0 unspecified atom stereocenters. The molecule has 2 heterocycles. The Morgan fingerprint density at radius 1 is 1.03 bits per heavy atom. The molecule has 2 amide bonds. The van der Waals surface area contributed by atoms with Gasteiger partial charge >= 0.3 is 0 Å². The molecule has 0 N–H and O–H groups in total. The van der Waals surface area contributed by atoms with Crippen molar-refractivity contribution in [2.24, 2.45) is 0 Å². The highest BCUT2D eigenvalue weighted by Crippen LogP contribution is 2.34. The fourth-order valence-corrected chi connectivity index (χ4v) is 4.99. The van der Waals surface area contributed by atoms with Crippen molar-refractivity contribution in [2.75, 3.05) is 33.4 Å². The van der Waals surface area contributed by atoms with Crippen LogP contribution >= 0.6 is 23.2 Å². The Morgan fingerprint density at radius 2 is 1.76 bits per heavy atom. The second kappa shape index (κ2) is 11.3. The molecule has 1 aliphatic heterocycles. The summed E-state index contributed by atoms with van der Waals surface area (Å²) in [5.74, 6) is -0.419. The number of aromatic nitrogens is 1. The minimum atomic E-state index is -0.296. The molecule has 0 spiro atoms. The number of carbonyl (C=O) groups excluding carboxylic acids is 2. The minimum Gasteiger partial charge on any atom is -0.383 e. The molecule has 1 atom stereocenters. The Labute approximate surface area is 228 Å². The first kappa shape index (κ1) is 27.2. The molecule has 0 fully saturated rings. The van der Waals surface area contributed by atoms with Crippen LogP contribution in [0.25, 0.3) is 0 Å². The van der Waals surface area contributed by atoms with Gasteiger partial charge in [0.1, 0.15) is 6.54 Å². The van der Waals surface area contributed by atoms with E-state index in [0.29, 0.717) is 35.3 Å². The van der Waals surface area contributed by atoms with Crippen LogP contribution in [0, 0.1) is 0 Å². The van der Waals surface area contributed by atoms with Crippen LogP contribution in [0.4, 0.5) is 0 Å². The molecule has 1 aliphatic rings. The number of carbonyl (C=O) groups is 2. The van der Waals surface area contributed by atoms with Crippen molar-refractivity contribution in [3.63, 3.8) is 0 Å². The number of hydrogen-bond acceptors (Lipinski definition) is 3. The number of benzene rings is 2. The Bertz CT molecular complexity index is 1260. The number of ether oxygens (including phenoxy) is 1. The monoisotopic (exact) mass is 541 g/mol. The van der Waals surface area contributed by atoms with E-state index in [4.69, 9.17) is 27.9 Å². The highest BCUT2D eigenvalue weighted by atomic mass is 35.5. The van der Waals surface area contributed by atoms with Crippen LogP contribution in [0.15, 0.2) is 60.8 Å². The quantitative estimate of drug-likeness (QED) is 0.379. The molecule has 0 bridgehead atoms. The van der Waals surface area contributed by atoms with Crippen molar-refractivity contribution in [1.82, 2.24) is 14.4 Å².